The lowest BCUT2D eigenvalue weighted by Crippen LogP contribution is -2.38. The number of methoxy groups -OCH3 is 1. The summed E-state index contributed by atoms with van der Waals surface area (Å²) in [6.45, 7) is 0. The van der Waals surface area contributed by atoms with Crippen molar-refractivity contribution in [2.45, 2.75) is 0 Å². The maximum atomic E-state index is 12.5. The average Bonchev–Trinajstić information content (AvgIpc) is 2.52. The van der Waals surface area contributed by atoms with E-state index in [1.165, 1.54) is 37.4 Å². The number of phenolic OH excluding ortho intramolecular Hbond substituents is 1. The van der Waals surface area contributed by atoms with Crippen molar-refractivity contribution in [2.75, 3.05) is 7.11 Å². The molecular weight excluding hydrogens is 339 g/mol. The van der Waals surface area contributed by atoms with E-state index < -0.39 is 5.97 Å². The molecule has 0 amide bonds. The summed E-state index contributed by atoms with van der Waals surface area (Å²) < 4.78 is 4.64. The van der Waals surface area contributed by atoms with Gasteiger partial charge in [0.25, 0.3) is 0 Å². The van der Waals surface area contributed by atoms with Crippen LogP contribution in [0.3, 0.4) is 0 Å². The van der Waals surface area contributed by atoms with Crippen LogP contribution in [0.4, 0.5) is 0 Å². The van der Waals surface area contributed by atoms with Gasteiger partial charge in [-0.2, -0.15) is 0 Å². The molecule has 1 aliphatic rings. The number of carbonyl (C=O) groups excluding carboxylic acids is 2. The Balaban J connectivity index is 2.06. The molecule has 6 heteroatoms. The third kappa shape index (κ3) is 2.60. The van der Waals surface area contributed by atoms with Crippen molar-refractivity contribution in [3.05, 3.63) is 61.9 Å². The van der Waals surface area contributed by atoms with Gasteiger partial charge in [-0.15, -0.1) is 0 Å². The molecule has 0 saturated heterocycles. The Morgan fingerprint density at radius 1 is 1.09 bits per heavy atom. The minimum Gasteiger partial charge on any atom is -0.507 e. The molecule has 2 aromatic carbocycles. The summed E-state index contributed by atoms with van der Waals surface area (Å²) in [4.78, 5) is 24.0. The van der Waals surface area contributed by atoms with Crippen molar-refractivity contribution >= 4 is 46.6 Å². The van der Waals surface area contributed by atoms with Crippen LogP contribution in [0, 0.1) is 0 Å². The highest BCUT2D eigenvalue weighted by molar-refractivity contribution is 6.42. The lowest BCUT2D eigenvalue weighted by molar-refractivity contribution is -0.133. The molecule has 4 nitrogen and oxygen atoms in total. The van der Waals surface area contributed by atoms with Gasteiger partial charge in [0.2, 0.25) is 0 Å². The first kappa shape index (κ1) is 15.6. The largest absolute Gasteiger partial charge is 0.507 e. The third-order valence-corrected chi connectivity index (χ3v) is 4.33. The molecule has 0 radical (unpaired) electrons. The second-order valence-electron chi connectivity index (χ2n) is 4.96. The molecule has 0 aliphatic heterocycles. The predicted molar refractivity (Wildman–Crippen MR) is 87.1 cm³/mol. The standard InChI is InChI=1S/C17H10Cl2O4/c1-23-17(22)11-4-9-5-12(15(20)7-10(9)11)16(21)8-2-3-13(18)14(19)6-8/h2-7,20H,1H3. The fraction of sp³-hybridized carbons (Fsp3) is 0.0588. The van der Waals surface area contributed by atoms with E-state index in [1.54, 1.807) is 6.08 Å². The van der Waals surface area contributed by atoms with E-state index in [0.29, 0.717) is 26.6 Å². The van der Waals surface area contributed by atoms with E-state index in [1.807, 2.05) is 0 Å². The number of aromatic hydroxyl groups is 1. The van der Waals surface area contributed by atoms with Crippen LogP contribution in [0.2, 0.25) is 10.0 Å². The highest BCUT2D eigenvalue weighted by Crippen LogP contribution is 2.25. The number of carbonyl (C=O) groups is 2. The smallest absolute Gasteiger partial charge is 0.338 e. The quantitative estimate of drug-likeness (QED) is 0.681. The fourth-order valence-electron chi connectivity index (χ4n) is 2.37. The van der Waals surface area contributed by atoms with Gasteiger partial charge >= 0.3 is 5.97 Å². The molecule has 0 spiro atoms. The van der Waals surface area contributed by atoms with Gasteiger partial charge < -0.3 is 9.84 Å². The highest BCUT2D eigenvalue weighted by atomic mass is 35.5. The molecule has 0 aromatic heterocycles. The van der Waals surface area contributed by atoms with Crippen LogP contribution < -0.4 is 10.4 Å². The van der Waals surface area contributed by atoms with Crippen LogP contribution in [0.15, 0.2) is 30.3 Å². The van der Waals surface area contributed by atoms with E-state index in [0.717, 1.165) is 0 Å². The van der Waals surface area contributed by atoms with Crippen molar-refractivity contribution in [3.63, 3.8) is 0 Å². The molecule has 1 aliphatic carbocycles. The number of benzene rings is 2. The van der Waals surface area contributed by atoms with Crippen LogP contribution in [0.5, 0.6) is 5.75 Å². The molecule has 0 saturated carbocycles. The van der Waals surface area contributed by atoms with Crippen LogP contribution in [-0.4, -0.2) is 24.0 Å². The van der Waals surface area contributed by atoms with Gasteiger partial charge in [-0.25, -0.2) is 4.79 Å². The number of rotatable bonds is 3. The monoisotopic (exact) mass is 348 g/mol. The van der Waals surface area contributed by atoms with Gasteiger partial charge in [-0.3, -0.25) is 4.79 Å². The molecule has 1 N–H and O–H groups in total. The summed E-state index contributed by atoms with van der Waals surface area (Å²) in [6, 6.07) is 7.41. The first-order valence-corrected chi connectivity index (χ1v) is 7.35. The molecule has 0 fully saturated rings. The number of ketones is 1. The Labute approximate surface area is 141 Å². The lowest BCUT2D eigenvalue weighted by Gasteiger charge is -2.12. The summed E-state index contributed by atoms with van der Waals surface area (Å²) in [5.74, 6) is -1.08. The van der Waals surface area contributed by atoms with Gasteiger partial charge in [-0.1, -0.05) is 23.2 Å². The van der Waals surface area contributed by atoms with Gasteiger partial charge in [-0.05, 0) is 46.8 Å². The van der Waals surface area contributed by atoms with Gasteiger partial charge in [0.05, 0.1) is 28.3 Å². The molecule has 116 valence electrons. The number of phenols is 1. The number of esters is 1. The summed E-state index contributed by atoms with van der Waals surface area (Å²) in [5.41, 5.74) is 0.805. The zero-order valence-electron chi connectivity index (χ0n) is 11.9. The van der Waals surface area contributed by atoms with Crippen LogP contribution in [-0.2, 0) is 9.53 Å². The Hall–Kier alpha value is -2.30. The van der Waals surface area contributed by atoms with Crippen molar-refractivity contribution in [3.8, 4) is 5.75 Å². The fourth-order valence-corrected chi connectivity index (χ4v) is 2.66. The first-order chi connectivity index (χ1) is 10.9. The van der Waals surface area contributed by atoms with Crippen LogP contribution >= 0.6 is 23.2 Å². The van der Waals surface area contributed by atoms with E-state index in [9.17, 15) is 14.7 Å². The number of hydrogen-bond acceptors (Lipinski definition) is 4. The van der Waals surface area contributed by atoms with Gasteiger partial charge in [0.15, 0.2) is 5.78 Å². The minimum atomic E-state index is -0.486. The minimum absolute atomic E-state index is 0.127. The Morgan fingerprint density at radius 2 is 1.83 bits per heavy atom. The lowest BCUT2D eigenvalue weighted by atomic mass is 9.94. The van der Waals surface area contributed by atoms with Crippen molar-refractivity contribution in [2.24, 2.45) is 0 Å². The zero-order chi connectivity index (χ0) is 16.7. The molecule has 23 heavy (non-hydrogen) atoms. The summed E-state index contributed by atoms with van der Waals surface area (Å²) in [6.07, 6.45) is 1.60. The SMILES string of the molecule is COC(=O)C1=c2cc(O)c(C(=O)c3ccc(Cl)c(Cl)c3)cc2=C1. The summed E-state index contributed by atoms with van der Waals surface area (Å²) >= 11 is 11.7. The Bertz CT molecular complexity index is 977. The van der Waals surface area contributed by atoms with E-state index in [2.05, 4.69) is 4.74 Å². The van der Waals surface area contributed by atoms with Gasteiger partial charge in [0, 0.05) is 5.56 Å². The molecule has 0 atom stereocenters. The number of halogens is 2. The Morgan fingerprint density at radius 3 is 2.48 bits per heavy atom. The van der Waals surface area contributed by atoms with Crippen molar-refractivity contribution in [1.29, 1.82) is 0 Å². The van der Waals surface area contributed by atoms with E-state index >= 15 is 0 Å². The van der Waals surface area contributed by atoms with Crippen molar-refractivity contribution in [1.82, 2.24) is 0 Å². The predicted octanol–water partition coefficient (Wildman–Crippen LogP) is 2.05. The summed E-state index contributed by atoms with van der Waals surface area (Å²) in [7, 11) is 1.28. The molecule has 0 bridgehead atoms. The normalized spacial score (nSPS) is 12.0. The number of fused-ring (bicyclic) bond motifs is 1. The molecule has 3 rings (SSSR count). The molecular formula is C17H10Cl2O4. The number of ether oxygens (including phenoxy) is 1. The third-order valence-electron chi connectivity index (χ3n) is 3.59. The zero-order valence-corrected chi connectivity index (χ0v) is 13.4. The molecule has 2 aromatic rings. The van der Waals surface area contributed by atoms with Crippen LogP contribution in [0.1, 0.15) is 15.9 Å². The van der Waals surface area contributed by atoms with Crippen LogP contribution in [0.25, 0.3) is 11.6 Å². The van der Waals surface area contributed by atoms with Gasteiger partial charge in [0.1, 0.15) is 5.75 Å². The second kappa shape index (κ2) is 5.72. The Kier molecular flexibility index (Phi) is 3.88. The highest BCUT2D eigenvalue weighted by Gasteiger charge is 2.20. The topological polar surface area (TPSA) is 63.6 Å². The maximum absolute atomic E-state index is 12.5. The average molecular weight is 349 g/mol. The molecule has 0 unspecified atom stereocenters. The summed E-state index contributed by atoms with van der Waals surface area (Å²) in [5, 5.41) is 12.0. The van der Waals surface area contributed by atoms with E-state index in [-0.39, 0.29) is 22.1 Å². The maximum Gasteiger partial charge on any atom is 0.338 e. The number of hydrogen-bond donors (Lipinski definition) is 1. The first-order valence-electron chi connectivity index (χ1n) is 6.59. The van der Waals surface area contributed by atoms with Crippen molar-refractivity contribution < 1.29 is 19.4 Å². The second-order valence-corrected chi connectivity index (χ2v) is 5.78. The molecule has 0 heterocycles. The van der Waals surface area contributed by atoms with E-state index in [4.69, 9.17) is 23.2 Å².